The average Bonchev–Trinajstić information content (AvgIpc) is 2.78. The van der Waals surface area contributed by atoms with Gasteiger partial charge in [-0.1, -0.05) is 29.3 Å². The van der Waals surface area contributed by atoms with Crippen molar-refractivity contribution in [2.75, 3.05) is 20.6 Å². The summed E-state index contributed by atoms with van der Waals surface area (Å²) in [4.78, 5) is 38.6. The number of likely N-dealkylation sites (N-methyl/N-ethyl adjacent to an activating group) is 2. The fraction of sp³-hybridized carbons (Fsp3) is 0.348. The van der Waals surface area contributed by atoms with Gasteiger partial charge >= 0.3 is 12.3 Å². The fourth-order valence-corrected chi connectivity index (χ4v) is 3.80. The minimum Gasteiger partial charge on any atom is -0.410 e. The zero-order valence-corrected chi connectivity index (χ0v) is 20.3. The first-order chi connectivity index (χ1) is 16.3. The zero-order valence-electron chi connectivity index (χ0n) is 18.7. The summed E-state index contributed by atoms with van der Waals surface area (Å²) >= 11 is 12.2. The molecule has 0 aliphatic heterocycles. The van der Waals surface area contributed by atoms with Crippen molar-refractivity contribution >= 4 is 41.5 Å². The van der Waals surface area contributed by atoms with Crippen LogP contribution in [0.1, 0.15) is 24.8 Å². The molecular weight excluding hydrogens is 515 g/mol. The number of alkyl halides is 3. The van der Waals surface area contributed by atoms with E-state index in [0.717, 1.165) is 29.0 Å². The summed E-state index contributed by atoms with van der Waals surface area (Å²) in [6.07, 6.45) is -7.05. The highest BCUT2D eigenvalue weighted by molar-refractivity contribution is 6.42. The quantitative estimate of drug-likeness (QED) is 0.298. The molecule has 0 aliphatic carbocycles. The predicted octanol–water partition coefficient (Wildman–Crippen LogP) is 5.85. The molecule has 0 radical (unpaired) electrons. The fourth-order valence-electron chi connectivity index (χ4n) is 3.50. The van der Waals surface area contributed by atoms with E-state index in [2.05, 4.69) is 0 Å². The van der Waals surface area contributed by atoms with Crippen molar-refractivity contribution in [3.05, 3.63) is 63.9 Å². The molecule has 0 heterocycles. The van der Waals surface area contributed by atoms with Crippen LogP contribution in [0.25, 0.3) is 0 Å². The summed E-state index contributed by atoms with van der Waals surface area (Å²) in [5.74, 6) is -1.80. The first-order valence-electron chi connectivity index (χ1n) is 10.2. The van der Waals surface area contributed by atoms with Gasteiger partial charge in [0.1, 0.15) is 24.3 Å². The monoisotopic (exact) mass is 536 g/mol. The lowest BCUT2D eigenvalue weighted by Gasteiger charge is -2.44. The van der Waals surface area contributed by atoms with Crippen LogP contribution in [0.15, 0.2) is 42.5 Å². The summed E-state index contributed by atoms with van der Waals surface area (Å²) in [6.45, 7) is -0.428. The number of rotatable bonds is 9. The van der Waals surface area contributed by atoms with Crippen molar-refractivity contribution in [1.29, 1.82) is 0 Å². The average molecular weight is 537 g/mol. The maximum atomic E-state index is 13.2. The molecule has 2 amide bonds. The predicted molar refractivity (Wildman–Crippen MR) is 122 cm³/mol. The van der Waals surface area contributed by atoms with E-state index < -0.39 is 42.5 Å². The van der Waals surface area contributed by atoms with Gasteiger partial charge in [0, 0.05) is 27.1 Å². The molecule has 35 heavy (non-hydrogen) atoms. The molecular formula is C23H22Cl2F4N2O4. The molecule has 0 aromatic heterocycles. The SMILES string of the molecule is CN(C[C@](CCC=O)(c1ccc(Cl)c(Cl)c1)N(C)C(=O)Oc1ccc(F)cc1)C(=O)CC(F)(F)F. The molecule has 6 nitrogen and oxygen atoms in total. The van der Waals surface area contributed by atoms with Gasteiger partial charge in [-0.2, -0.15) is 13.2 Å². The minimum absolute atomic E-state index is 0.00294. The van der Waals surface area contributed by atoms with Crippen molar-refractivity contribution in [3.8, 4) is 5.75 Å². The van der Waals surface area contributed by atoms with Gasteiger partial charge in [-0.25, -0.2) is 9.18 Å². The second-order valence-electron chi connectivity index (χ2n) is 7.79. The van der Waals surface area contributed by atoms with Crippen molar-refractivity contribution in [1.82, 2.24) is 9.80 Å². The van der Waals surface area contributed by atoms with Crippen LogP contribution in [0, 0.1) is 5.82 Å². The Morgan fingerprint density at radius 1 is 1.03 bits per heavy atom. The second-order valence-corrected chi connectivity index (χ2v) is 8.60. The third-order valence-electron chi connectivity index (χ3n) is 5.34. The molecule has 0 aliphatic rings. The Balaban J connectivity index is 2.54. The van der Waals surface area contributed by atoms with Crippen molar-refractivity contribution in [2.45, 2.75) is 31.0 Å². The van der Waals surface area contributed by atoms with E-state index in [0.29, 0.717) is 11.8 Å². The number of aldehydes is 1. The van der Waals surface area contributed by atoms with Crippen LogP contribution in [0.2, 0.25) is 10.0 Å². The summed E-state index contributed by atoms with van der Waals surface area (Å²) in [5.41, 5.74) is -1.23. The Labute approximate surface area is 209 Å². The van der Waals surface area contributed by atoms with E-state index in [1.54, 1.807) is 0 Å². The molecule has 0 N–H and O–H groups in total. The lowest BCUT2D eigenvalue weighted by molar-refractivity contribution is -0.161. The number of nitrogens with zero attached hydrogens (tertiary/aromatic N) is 2. The molecule has 0 saturated carbocycles. The van der Waals surface area contributed by atoms with E-state index in [9.17, 15) is 31.9 Å². The molecule has 0 spiro atoms. The van der Waals surface area contributed by atoms with E-state index in [4.69, 9.17) is 27.9 Å². The van der Waals surface area contributed by atoms with Crippen LogP contribution in [0.4, 0.5) is 22.4 Å². The highest BCUT2D eigenvalue weighted by Crippen LogP contribution is 2.37. The summed E-state index contributed by atoms with van der Waals surface area (Å²) in [7, 11) is 2.46. The number of carbonyl (C=O) groups excluding carboxylic acids is 3. The molecule has 190 valence electrons. The van der Waals surface area contributed by atoms with Crippen LogP contribution >= 0.6 is 23.2 Å². The molecule has 2 rings (SSSR count). The van der Waals surface area contributed by atoms with Crippen molar-refractivity contribution < 1.29 is 36.7 Å². The Bertz CT molecular complexity index is 1070. The van der Waals surface area contributed by atoms with Crippen LogP contribution in [-0.4, -0.2) is 54.9 Å². The normalized spacial score (nSPS) is 13.0. The minimum atomic E-state index is -4.74. The summed E-state index contributed by atoms with van der Waals surface area (Å²) < 4.78 is 57.0. The van der Waals surface area contributed by atoms with Gasteiger partial charge in [-0.05, 0) is 48.4 Å². The van der Waals surface area contributed by atoms with Gasteiger partial charge < -0.3 is 14.4 Å². The molecule has 2 aromatic rings. The third kappa shape index (κ3) is 7.57. The molecule has 0 bridgehead atoms. The van der Waals surface area contributed by atoms with Crippen LogP contribution < -0.4 is 4.74 Å². The van der Waals surface area contributed by atoms with Gasteiger partial charge in [0.15, 0.2) is 0 Å². The van der Waals surface area contributed by atoms with Gasteiger partial charge in [-0.15, -0.1) is 0 Å². The molecule has 1 atom stereocenters. The van der Waals surface area contributed by atoms with E-state index >= 15 is 0 Å². The highest BCUT2D eigenvalue weighted by Gasteiger charge is 2.43. The first-order valence-corrected chi connectivity index (χ1v) is 11.0. The smallest absolute Gasteiger partial charge is 0.410 e. The second kappa shape index (κ2) is 11.7. The number of halogens is 6. The lowest BCUT2D eigenvalue weighted by Crippen LogP contribution is -2.55. The Hall–Kier alpha value is -2.85. The summed E-state index contributed by atoms with van der Waals surface area (Å²) in [5, 5.41) is 0.266. The maximum Gasteiger partial charge on any atom is 0.415 e. The van der Waals surface area contributed by atoms with Crippen molar-refractivity contribution in [3.63, 3.8) is 0 Å². The maximum absolute atomic E-state index is 13.2. The standard InChI is InChI=1S/C23H22Cl2F4N2O4/c1-30(20(33)13-23(27,28)29)14-22(10-3-11-32,15-4-9-18(24)19(25)12-15)31(2)21(34)35-17-7-5-16(26)6-8-17/h4-9,11-12H,3,10,13-14H2,1-2H3/t22-/m1/s1. The summed E-state index contributed by atoms with van der Waals surface area (Å²) in [6, 6.07) is 8.89. The van der Waals surface area contributed by atoms with Crippen molar-refractivity contribution in [2.24, 2.45) is 0 Å². The number of carbonyl (C=O) groups is 3. The van der Waals surface area contributed by atoms with E-state index in [-0.39, 0.29) is 28.6 Å². The molecule has 0 fully saturated rings. The Morgan fingerprint density at radius 3 is 2.20 bits per heavy atom. The number of ether oxygens (including phenoxy) is 1. The highest BCUT2D eigenvalue weighted by atomic mass is 35.5. The third-order valence-corrected chi connectivity index (χ3v) is 6.08. The molecule has 12 heteroatoms. The first kappa shape index (κ1) is 28.4. The zero-order chi connectivity index (χ0) is 26.4. The molecule has 0 unspecified atom stereocenters. The number of amides is 2. The van der Waals surface area contributed by atoms with Gasteiger partial charge in [0.2, 0.25) is 5.91 Å². The molecule has 0 saturated heterocycles. The van der Waals surface area contributed by atoms with E-state index in [1.807, 2.05) is 0 Å². The van der Waals surface area contributed by atoms with E-state index in [1.165, 1.54) is 37.4 Å². The van der Waals surface area contributed by atoms with Crippen LogP contribution in [0.3, 0.4) is 0 Å². The largest absolute Gasteiger partial charge is 0.415 e. The van der Waals surface area contributed by atoms with Crippen LogP contribution in [0.5, 0.6) is 5.75 Å². The number of benzene rings is 2. The topological polar surface area (TPSA) is 66.9 Å². The molecule has 2 aromatic carbocycles. The van der Waals surface area contributed by atoms with Gasteiger partial charge in [0.05, 0.1) is 15.6 Å². The van der Waals surface area contributed by atoms with Gasteiger partial charge in [0.25, 0.3) is 0 Å². The Morgan fingerprint density at radius 2 is 1.66 bits per heavy atom. The van der Waals surface area contributed by atoms with Gasteiger partial charge in [-0.3, -0.25) is 9.69 Å². The number of hydrogen-bond donors (Lipinski definition) is 0. The van der Waals surface area contributed by atoms with Crippen LogP contribution in [-0.2, 0) is 15.1 Å². The lowest BCUT2D eigenvalue weighted by atomic mass is 9.83. The number of hydrogen-bond acceptors (Lipinski definition) is 4. The Kier molecular flexibility index (Phi) is 9.51.